The largest absolute Gasteiger partial charge is 0.454 e. The second-order valence-electron chi connectivity index (χ2n) is 6.10. The van der Waals surface area contributed by atoms with Crippen LogP contribution in [0.25, 0.3) is 10.8 Å². The number of hydrogen-bond acceptors (Lipinski definition) is 4. The van der Waals surface area contributed by atoms with Crippen LogP contribution in [0.3, 0.4) is 0 Å². The minimum absolute atomic E-state index is 0.0351. The Kier molecular flexibility index (Phi) is 4.97. The number of ether oxygens (including phenoxy) is 2. The van der Waals surface area contributed by atoms with Crippen LogP contribution in [0.5, 0.6) is 11.5 Å². The second-order valence-corrected chi connectivity index (χ2v) is 7.08. The van der Waals surface area contributed by atoms with Gasteiger partial charge in [0.05, 0.1) is 5.75 Å². The maximum Gasteiger partial charge on any atom is 0.231 e. The molecule has 4 rings (SSSR count). The van der Waals surface area contributed by atoms with Gasteiger partial charge in [-0.2, -0.15) is 0 Å². The highest BCUT2D eigenvalue weighted by Crippen LogP contribution is 2.32. The topological polar surface area (TPSA) is 47.6 Å². The summed E-state index contributed by atoms with van der Waals surface area (Å²) in [4.78, 5) is 12.1. The quantitative estimate of drug-likeness (QED) is 0.714. The zero-order chi connectivity index (χ0) is 17.8. The summed E-state index contributed by atoms with van der Waals surface area (Å²) in [5.74, 6) is 2.78. The monoisotopic (exact) mass is 365 g/mol. The summed E-state index contributed by atoms with van der Waals surface area (Å²) >= 11 is 1.63. The van der Waals surface area contributed by atoms with Crippen LogP contribution in [0.1, 0.15) is 11.1 Å². The highest BCUT2D eigenvalue weighted by atomic mass is 32.2. The van der Waals surface area contributed by atoms with Gasteiger partial charge in [-0.15, -0.1) is 11.8 Å². The lowest BCUT2D eigenvalue weighted by atomic mass is 10.1. The molecule has 132 valence electrons. The van der Waals surface area contributed by atoms with Crippen LogP contribution < -0.4 is 14.8 Å². The third kappa shape index (κ3) is 3.78. The van der Waals surface area contributed by atoms with Gasteiger partial charge in [0, 0.05) is 12.3 Å². The molecule has 0 aromatic heterocycles. The standard InChI is InChI=1S/C21H19NO3S/c23-21(22-11-15-8-9-19-20(10-15)25-14-24-19)13-26-12-17-6-3-5-16-4-1-2-7-18(16)17/h1-10H,11-14H2,(H,22,23). The average molecular weight is 365 g/mol. The fraction of sp³-hybridized carbons (Fsp3) is 0.190. The molecule has 0 aliphatic carbocycles. The van der Waals surface area contributed by atoms with Gasteiger partial charge in [0.15, 0.2) is 11.5 Å². The van der Waals surface area contributed by atoms with Crippen LogP contribution in [-0.4, -0.2) is 18.5 Å². The van der Waals surface area contributed by atoms with E-state index in [1.807, 2.05) is 24.3 Å². The van der Waals surface area contributed by atoms with E-state index in [0.717, 1.165) is 22.8 Å². The molecule has 1 N–H and O–H groups in total. The third-order valence-electron chi connectivity index (χ3n) is 4.30. The Hall–Kier alpha value is -2.66. The molecule has 5 heteroatoms. The van der Waals surface area contributed by atoms with Gasteiger partial charge in [0.2, 0.25) is 12.7 Å². The molecule has 0 spiro atoms. The molecule has 3 aromatic rings. The molecule has 4 nitrogen and oxygen atoms in total. The molecule has 0 radical (unpaired) electrons. The fourth-order valence-corrected chi connectivity index (χ4v) is 3.84. The minimum atomic E-state index is 0.0351. The first-order valence-electron chi connectivity index (χ1n) is 8.49. The van der Waals surface area contributed by atoms with E-state index in [0.29, 0.717) is 12.3 Å². The summed E-state index contributed by atoms with van der Waals surface area (Å²) in [5.41, 5.74) is 2.26. The molecular formula is C21H19NO3S. The molecule has 1 aliphatic rings. The maximum atomic E-state index is 12.1. The molecule has 1 amide bonds. The summed E-state index contributed by atoms with van der Waals surface area (Å²) in [6.07, 6.45) is 0. The lowest BCUT2D eigenvalue weighted by Gasteiger charge is -2.08. The van der Waals surface area contributed by atoms with Crippen molar-refractivity contribution < 1.29 is 14.3 Å². The normalized spacial score (nSPS) is 12.3. The zero-order valence-corrected chi connectivity index (χ0v) is 15.1. The Morgan fingerprint density at radius 2 is 1.85 bits per heavy atom. The molecule has 0 atom stereocenters. The van der Waals surface area contributed by atoms with Gasteiger partial charge >= 0.3 is 0 Å². The number of hydrogen-bond donors (Lipinski definition) is 1. The van der Waals surface area contributed by atoms with E-state index in [4.69, 9.17) is 9.47 Å². The molecule has 0 saturated heterocycles. The van der Waals surface area contributed by atoms with Crippen LogP contribution in [0, 0.1) is 0 Å². The van der Waals surface area contributed by atoms with E-state index in [-0.39, 0.29) is 12.7 Å². The highest BCUT2D eigenvalue weighted by Gasteiger charge is 2.13. The minimum Gasteiger partial charge on any atom is -0.454 e. The average Bonchev–Trinajstić information content (AvgIpc) is 3.14. The fourth-order valence-electron chi connectivity index (χ4n) is 2.97. The Balaban J connectivity index is 1.27. The van der Waals surface area contributed by atoms with Crippen molar-refractivity contribution in [2.24, 2.45) is 0 Å². The molecular weight excluding hydrogens is 346 g/mol. The Morgan fingerprint density at radius 1 is 1.00 bits per heavy atom. The van der Waals surface area contributed by atoms with Gasteiger partial charge in [-0.05, 0) is 34.0 Å². The first-order chi connectivity index (χ1) is 12.8. The molecule has 3 aromatic carbocycles. The molecule has 0 fully saturated rings. The van der Waals surface area contributed by atoms with Crippen LogP contribution in [-0.2, 0) is 17.1 Å². The van der Waals surface area contributed by atoms with E-state index in [1.54, 1.807) is 11.8 Å². The van der Waals surface area contributed by atoms with Crippen molar-refractivity contribution in [2.45, 2.75) is 12.3 Å². The molecule has 0 saturated carbocycles. The summed E-state index contributed by atoms with van der Waals surface area (Å²) in [5, 5.41) is 5.44. The maximum absolute atomic E-state index is 12.1. The van der Waals surface area contributed by atoms with Crippen molar-refractivity contribution in [3.05, 3.63) is 71.8 Å². The highest BCUT2D eigenvalue weighted by molar-refractivity contribution is 7.99. The number of carbonyl (C=O) groups is 1. The van der Waals surface area contributed by atoms with Crippen LogP contribution in [0.2, 0.25) is 0 Å². The number of nitrogens with one attached hydrogen (secondary N) is 1. The first-order valence-corrected chi connectivity index (χ1v) is 9.65. The molecule has 1 heterocycles. The second kappa shape index (κ2) is 7.70. The van der Waals surface area contributed by atoms with E-state index >= 15 is 0 Å². The number of fused-ring (bicyclic) bond motifs is 2. The molecule has 1 aliphatic heterocycles. The summed E-state index contributed by atoms with van der Waals surface area (Å²) in [6, 6.07) is 20.4. The zero-order valence-electron chi connectivity index (χ0n) is 14.2. The van der Waals surface area contributed by atoms with Gasteiger partial charge in [0.1, 0.15) is 0 Å². The number of thioether (sulfide) groups is 1. The van der Waals surface area contributed by atoms with E-state index in [1.165, 1.54) is 16.3 Å². The van der Waals surface area contributed by atoms with Gasteiger partial charge in [0.25, 0.3) is 0 Å². The van der Waals surface area contributed by atoms with Crippen molar-refractivity contribution in [3.8, 4) is 11.5 Å². The number of rotatable bonds is 6. The summed E-state index contributed by atoms with van der Waals surface area (Å²) in [6.45, 7) is 0.750. The lowest BCUT2D eigenvalue weighted by molar-refractivity contribution is -0.118. The van der Waals surface area contributed by atoms with Crippen LogP contribution in [0.15, 0.2) is 60.7 Å². The van der Waals surface area contributed by atoms with Gasteiger partial charge in [-0.25, -0.2) is 0 Å². The predicted molar refractivity (Wildman–Crippen MR) is 105 cm³/mol. The predicted octanol–water partition coefficient (Wildman–Crippen LogP) is 4.12. The number of carbonyl (C=O) groups excluding carboxylic acids is 1. The van der Waals surface area contributed by atoms with Crippen LogP contribution >= 0.6 is 11.8 Å². The van der Waals surface area contributed by atoms with Gasteiger partial charge in [-0.1, -0.05) is 48.5 Å². The first kappa shape index (κ1) is 16.8. The Morgan fingerprint density at radius 3 is 2.81 bits per heavy atom. The Labute approximate surface area is 156 Å². The summed E-state index contributed by atoms with van der Waals surface area (Å²) in [7, 11) is 0. The molecule has 0 bridgehead atoms. The smallest absolute Gasteiger partial charge is 0.231 e. The molecule has 26 heavy (non-hydrogen) atoms. The Bertz CT molecular complexity index is 936. The van der Waals surface area contributed by atoms with Crippen molar-refractivity contribution in [1.29, 1.82) is 0 Å². The van der Waals surface area contributed by atoms with Crippen molar-refractivity contribution >= 4 is 28.4 Å². The van der Waals surface area contributed by atoms with Crippen molar-refractivity contribution in [2.75, 3.05) is 12.5 Å². The van der Waals surface area contributed by atoms with Crippen molar-refractivity contribution in [1.82, 2.24) is 5.32 Å². The SMILES string of the molecule is O=C(CSCc1cccc2ccccc12)NCc1ccc2c(c1)OCO2. The van der Waals surface area contributed by atoms with E-state index in [9.17, 15) is 4.79 Å². The molecule has 0 unspecified atom stereocenters. The summed E-state index contributed by atoms with van der Waals surface area (Å²) < 4.78 is 10.6. The lowest BCUT2D eigenvalue weighted by Crippen LogP contribution is -2.24. The van der Waals surface area contributed by atoms with E-state index in [2.05, 4.69) is 41.7 Å². The van der Waals surface area contributed by atoms with Gasteiger partial charge in [-0.3, -0.25) is 4.79 Å². The van der Waals surface area contributed by atoms with Gasteiger partial charge < -0.3 is 14.8 Å². The van der Waals surface area contributed by atoms with Crippen molar-refractivity contribution in [3.63, 3.8) is 0 Å². The number of benzene rings is 3. The number of amides is 1. The van der Waals surface area contributed by atoms with E-state index < -0.39 is 0 Å². The van der Waals surface area contributed by atoms with Crippen LogP contribution in [0.4, 0.5) is 0 Å². The third-order valence-corrected chi connectivity index (χ3v) is 5.28.